The third-order valence-corrected chi connectivity index (χ3v) is 5.17. The van der Waals surface area contributed by atoms with E-state index in [9.17, 15) is 9.59 Å². The summed E-state index contributed by atoms with van der Waals surface area (Å²) < 4.78 is 12.5. The lowest BCUT2D eigenvalue weighted by Crippen LogP contribution is -2.37. The van der Waals surface area contributed by atoms with E-state index < -0.39 is 0 Å². The van der Waals surface area contributed by atoms with Crippen LogP contribution in [-0.2, 0) is 18.4 Å². The summed E-state index contributed by atoms with van der Waals surface area (Å²) in [5, 5.41) is 9.84. The molecule has 1 aliphatic rings. The quantitative estimate of drug-likeness (QED) is 0.728. The Morgan fingerprint density at radius 2 is 2.03 bits per heavy atom. The van der Waals surface area contributed by atoms with Gasteiger partial charge in [0.1, 0.15) is 0 Å². The molecule has 2 aromatic rings. The van der Waals surface area contributed by atoms with Crippen molar-refractivity contribution >= 4 is 17.5 Å². The molecule has 9 nitrogen and oxygen atoms in total. The first kappa shape index (κ1) is 20.7. The maximum Gasteiger partial charge on any atom is 0.251 e. The second kappa shape index (κ2) is 8.95. The number of ether oxygens (including phenoxy) is 2. The van der Waals surface area contributed by atoms with Crippen LogP contribution in [0.4, 0.5) is 5.69 Å². The lowest BCUT2D eigenvalue weighted by atomic mass is 10.1. The lowest BCUT2D eigenvalue weighted by Gasteiger charge is -2.21. The molecule has 0 spiro atoms. The zero-order valence-corrected chi connectivity index (χ0v) is 17.2. The van der Waals surface area contributed by atoms with Crippen molar-refractivity contribution in [3.63, 3.8) is 0 Å². The molecule has 0 unspecified atom stereocenters. The SMILES string of the molecule is COc1cc(C(=O)NCc2ccnn2C)cc(NC(=O)[C@@H]2CCCN2C)c1OC. The van der Waals surface area contributed by atoms with E-state index >= 15 is 0 Å². The van der Waals surface area contributed by atoms with E-state index in [1.54, 1.807) is 23.0 Å². The minimum atomic E-state index is -0.291. The van der Waals surface area contributed by atoms with Crippen LogP contribution < -0.4 is 20.1 Å². The second-order valence-corrected chi connectivity index (χ2v) is 7.02. The number of carbonyl (C=O) groups is 2. The Morgan fingerprint density at radius 1 is 1.24 bits per heavy atom. The van der Waals surface area contributed by atoms with Gasteiger partial charge in [0.25, 0.3) is 5.91 Å². The highest BCUT2D eigenvalue weighted by Crippen LogP contribution is 2.37. The van der Waals surface area contributed by atoms with Gasteiger partial charge < -0.3 is 20.1 Å². The average Bonchev–Trinajstić information content (AvgIpc) is 3.33. The van der Waals surface area contributed by atoms with Crippen molar-refractivity contribution in [1.82, 2.24) is 20.0 Å². The Hall–Kier alpha value is -3.07. The first-order valence-corrected chi connectivity index (χ1v) is 9.46. The smallest absolute Gasteiger partial charge is 0.251 e. The highest BCUT2D eigenvalue weighted by molar-refractivity contribution is 6.00. The number of aromatic nitrogens is 2. The molecule has 1 fully saturated rings. The van der Waals surface area contributed by atoms with Gasteiger partial charge in [-0.15, -0.1) is 0 Å². The van der Waals surface area contributed by atoms with Gasteiger partial charge in [-0.25, -0.2) is 0 Å². The van der Waals surface area contributed by atoms with Crippen molar-refractivity contribution in [1.29, 1.82) is 0 Å². The van der Waals surface area contributed by atoms with Crippen LogP contribution in [0.15, 0.2) is 24.4 Å². The summed E-state index contributed by atoms with van der Waals surface area (Å²) in [6, 6.07) is 4.83. The molecule has 2 N–H and O–H groups in total. The van der Waals surface area contributed by atoms with E-state index in [-0.39, 0.29) is 17.9 Å². The van der Waals surface area contributed by atoms with Crippen LogP contribution in [-0.4, -0.2) is 60.3 Å². The van der Waals surface area contributed by atoms with E-state index in [4.69, 9.17) is 9.47 Å². The molecule has 9 heteroatoms. The van der Waals surface area contributed by atoms with E-state index in [2.05, 4.69) is 15.7 Å². The molecule has 0 bridgehead atoms. The summed E-state index contributed by atoms with van der Waals surface area (Å²) in [5.41, 5.74) is 1.64. The minimum Gasteiger partial charge on any atom is -0.493 e. The van der Waals surface area contributed by atoms with Gasteiger partial charge in [0.2, 0.25) is 5.91 Å². The highest BCUT2D eigenvalue weighted by atomic mass is 16.5. The zero-order chi connectivity index (χ0) is 21.0. The monoisotopic (exact) mass is 401 g/mol. The number of carbonyl (C=O) groups excluding carboxylic acids is 2. The standard InChI is InChI=1S/C20H27N5O4/c1-24-9-5-6-16(24)20(27)23-15-10-13(11-17(28-3)18(15)29-4)19(26)21-12-14-7-8-22-25(14)2/h7-8,10-11,16H,5-6,9,12H2,1-4H3,(H,21,26)(H,23,27)/t16-/m0/s1. The Balaban J connectivity index is 1.82. The summed E-state index contributed by atoms with van der Waals surface area (Å²) in [7, 11) is 6.73. The highest BCUT2D eigenvalue weighted by Gasteiger charge is 2.29. The number of rotatable bonds is 7. The van der Waals surface area contributed by atoms with Crippen LogP contribution in [0.25, 0.3) is 0 Å². The lowest BCUT2D eigenvalue weighted by molar-refractivity contribution is -0.119. The number of methoxy groups -OCH3 is 2. The molecular weight excluding hydrogens is 374 g/mol. The fourth-order valence-corrected chi connectivity index (χ4v) is 3.49. The molecule has 1 aliphatic heterocycles. The molecular formula is C20H27N5O4. The molecule has 0 saturated carbocycles. The summed E-state index contributed by atoms with van der Waals surface area (Å²) in [6.07, 6.45) is 3.45. The van der Waals surface area contributed by atoms with E-state index in [1.807, 2.05) is 25.1 Å². The molecule has 1 atom stereocenters. The Labute approximate surface area is 170 Å². The Bertz CT molecular complexity index is 895. The van der Waals surface area contributed by atoms with Crippen LogP contribution in [0.3, 0.4) is 0 Å². The Morgan fingerprint density at radius 3 is 2.62 bits per heavy atom. The number of anilines is 1. The van der Waals surface area contributed by atoms with Gasteiger partial charge in [0, 0.05) is 18.8 Å². The number of amides is 2. The number of aryl methyl sites for hydroxylation is 1. The summed E-state index contributed by atoms with van der Waals surface area (Å²) in [5.74, 6) is 0.332. The molecule has 0 aliphatic carbocycles. The largest absolute Gasteiger partial charge is 0.493 e. The van der Waals surface area contributed by atoms with E-state index in [0.717, 1.165) is 25.1 Å². The molecule has 2 heterocycles. The van der Waals surface area contributed by atoms with Gasteiger partial charge in [-0.2, -0.15) is 5.10 Å². The van der Waals surface area contributed by atoms with Crippen LogP contribution in [0.5, 0.6) is 11.5 Å². The summed E-state index contributed by atoms with van der Waals surface area (Å²) in [4.78, 5) is 27.5. The predicted molar refractivity (Wildman–Crippen MR) is 108 cm³/mol. The van der Waals surface area contributed by atoms with Gasteiger partial charge in [0.05, 0.1) is 38.2 Å². The molecule has 1 aromatic heterocycles. The normalized spacial score (nSPS) is 16.5. The third-order valence-electron chi connectivity index (χ3n) is 5.17. The van der Waals surface area contributed by atoms with Gasteiger partial charge in [0.15, 0.2) is 11.5 Å². The first-order chi connectivity index (χ1) is 13.9. The maximum atomic E-state index is 12.7. The first-order valence-electron chi connectivity index (χ1n) is 9.46. The number of nitrogens with zero attached hydrogens (tertiary/aromatic N) is 3. The van der Waals surface area contributed by atoms with Crippen molar-refractivity contribution in [2.75, 3.05) is 33.1 Å². The van der Waals surface area contributed by atoms with Gasteiger partial charge in [-0.3, -0.25) is 19.2 Å². The Kier molecular flexibility index (Phi) is 6.38. The summed E-state index contributed by atoms with van der Waals surface area (Å²) in [6.45, 7) is 1.22. The van der Waals surface area contributed by atoms with Crippen LogP contribution in [0.2, 0.25) is 0 Å². The third kappa shape index (κ3) is 4.51. The molecule has 156 valence electrons. The van der Waals surface area contributed by atoms with Gasteiger partial charge in [-0.05, 0) is 44.6 Å². The van der Waals surface area contributed by atoms with E-state index in [0.29, 0.717) is 29.3 Å². The molecule has 29 heavy (non-hydrogen) atoms. The average molecular weight is 401 g/mol. The fourth-order valence-electron chi connectivity index (χ4n) is 3.49. The molecule has 1 aromatic carbocycles. The van der Waals surface area contributed by atoms with Crippen molar-refractivity contribution in [2.45, 2.75) is 25.4 Å². The van der Waals surface area contributed by atoms with Gasteiger partial charge >= 0.3 is 0 Å². The van der Waals surface area contributed by atoms with Crippen LogP contribution in [0.1, 0.15) is 28.9 Å². The number of hydrogen-bond donors (Lipinski definition) is 2. The second-order valence-electron chi connectivity index (χ2n) is 7.02. The number of nitrogens with one attached hydrogen (secondary N) is 2. The number of hydrogen-bond acceptors (Lipinski definition) is 6. The van der Waals surface area contributed by atoms with Crippen molar-refractivity contribution in [3.05, 3.63) is 35.7 Å². The maximum absolute atomic E-state index is 12.7. The van der Waals surface area contributed by atoms with E-state index in [1.165, 1.54) is 14.2 Å². The molecule has 2 amide bonds. The molecule has 0 radical (unpaired) electrons. The molecule has 3 rings (SSSR count). The van der Waals surface area contributed by atoms with Crippen molar-refractivity contribution in [2.24, 2.45) is 7.05 Å². The van der Waals surface area contributed by atoms with Gasteiger partial charge in [-0.1, -0.05) is 0 Å². The zero-order valence-electron chi connectivity index (χ0n) is 17.2. The fraction of sp³-hybridized carbons (Fsp3) is 0.450. The molecule has 1 saturated heterocycles. The van der Waals surface area contributed by atoms with Crippen molar-refractivity contribution < 1.29 is 19.1 Å². The predicted octanol–water partition coefficient (Wildman–Crippen LogP) is 1.40. The summed E-state index contributed by atoms with van der Waals surface area (Å²) >= 11 is 0. The van der Waals surface area contributed by atoms with Crippen LogP contribution in [0, 0.1) is 0 Å². The number of benzene rings is 1. The number of likely N-dealkylation sites (N-methyl/N-ethyl adjacent to an activating group) is 1. The van der Waals surface area contributed by atoms with Crippen molar-refractivity contribution in [3.8, 4) is 11.5 Å². The minimum absolute atomic E-state index is 0.127. The van der Waals surface area contributed by atoms with Crippen LogP contribution >= 0.6 is 0 Å². The number of likely N-dealkylation sites (tertiary alicyclic amines) is 1. The topological polar surface area (TPSA) is 97.7 Å².